The van der Waals surface area contributed by atoms with Gasteiger partial charge in [-0.05, 0) is 61.6 Å². The first-order valence-electron chi connectivity index (χ1n) is 9.16. The molecule has 26 heavy (non-hydrogen) atoms. The maximum Gasteiger partial charge on any atom is 0.253 e. The van der Waals surface area contributed by atoms with Crippen molar-refractivity contribution >= 4 is 29.7 Å². The van der Waals surface area contributed by atoms with Gasteiger partial charge in [0, 0.05) is 36.6 Å². The summed E-state index contributed by atoms with van der Waals surface area (Å²) in [5.41, 5.74) is 3.18. The lowest BCUT2D eigenvalue weighted by molar-refractivity contribution is 0.0608. The van der Waals surface area contributed by atoms with Gasteiger partial charge in [-0.25, -0.2) is 0 Å². The van der Waals surface area contributed by atoms with Gasteiger partial charge in [0.25, 0.3) is 5.91 Å². The summed E-state index contributed by atoms with van der Waals surface area (Å²) in [6.45, 7) is 3.99. The highest BCUT2D eigenvalue weighted by Gasteiger charge is 2.38. The Kier molecular flexibility index (Phi) is 5.84. The van der Waals surface area contributed by atoms with Crippen LogP contribution in [0.3, 0.4) is 0 Å². The maximum absolute atomic E-state index is 12.9. The molecule has 0 radical (unpaired) electrons. The van der Waals surface area contributed by atoms with Crippen molar-refractivity contribution in [3.63, 3.8) is 0 Å². The van der Waals surface area contributed by atoms with Gasteiger partial charge in [-0.15, -0.1) is 12.4 Å². The fourth-order valence-electron chi connectivity index (χ4n) is 4.01. The van der Waals surface area contributed by atoms with E-state index in [0.717, 1.165) is 56.0 Å². The molecule has 2 aliphatic heterocycles. The third-order valence-corrected chi connectivity index (χ3v) is 5.62. The van der Waals surface area contributed by atoms with Gasteiger partial charge in [0.2, 0.25) is 0 Å². The van der Waals surface area contributed by atoms with Crippen LogP contribution in [-0.4, -0.2) is 37.0 Å². The van der Waals surface area contributed by atoms with Crippen molar-refractivity contribution in [1.82, 2.24) is 10.2 Å². The SMILES string of the molecule is Cl.O=C(c1cccc(Nc2ccccc2)c1)N1CCC2(CCNC2)CC1. The lowest BCUT2D eigenvalue weighted by Crippen LogP contribution is -2.44. The Hall–Kier alpha value is -2.04. The predicted octanol–water partition coefficient (Wildman–Crippen LogP) is 4.07. The van der Waals surface area contributed by atoms with Gasteiger partial charge < -0.3 is 15.5 Å². The van der Waals surface area contributed by atoms with Crippen LogP contribution in [0.1, 0.15) is 29.6 Å². The van der Waals surface area contributed by atoms with Crippen LogP contribution in [0.5, 0.6) is 0 Å². The van der Waals surface area contributed by atoms with Crippen LogP contribution in [0, 0.1) is 5.41 Å². The molecule has 0 bridgehead atoms. The number of hydrogen-bond acceptors (Lipinski definition) is 3. The van der Waals surface area contributed by atoms with Crippen LogP contribution in [0.25, 0.3) is 0 Å². The number of halogens is 1. The fourth-order valence-corrected chi connectivity index (χ4v) is 4.01. The van der Waals surface area contributed by atoms with Crippen molar-refractivity contribution in [3.05, 3.63) is 60.2 Å². The van der Waals surface area contributed by atoms with Crippen molar-refractivity contribution in [2.45, 2.75) is 19.3 Å². The standard InChI is InChI=1S/C21H25N3O.ClH/c25-20(24-13-10-21(11-14-24)9-12-22-16-21)17-5-4-8-19(15-17)23-18-6-2-1-3-7-18;/h1-8,15,22-23H,9-14,16H2;1H. The molecule has 4 nitrogen and oxygen atoms in total. The Morgan fingerprint density at radius 1 is 0.962 bits per heavy atom. The first-order valence-corrected chi connectivity index (χ1v) is 9.16. The summed E-state index contributed by atoms with van der Waals surface area (Å²) in [7, 11) is 0. The zero-order chi connectivity index (χ0) is 17.1. The summed E-state index contributed by atoms with van der Waals surface area (Å²) in [5.74, 6) is 0.150. The lowest BCUT2D eigenvalue weighted by Gasteiger charge is -2.39. The van der Waals surface area contributed by atoms with Gasteiger partial charge in [0.05, 0.1) is 0 Å². The minimum Gasteiger partial charge on any atom is -0.356 e. The summed E-state index contributed by atoms with van der Waals surface area (Å²) in [6.07, 6.45) is 3.49. The summed E-state index contributed by atoms with van der Waals surface area (Å²) in [4.78, 5) is 14.9. The zero-order valence-electron chi connectivity index (χ0n) is 14.9. The molecule has 0 unspecified atom stereocenters. The minimum absolute atomic E-state index is 0. The molecule has 2 heterocycles. The molecule has 2 fully saturated rings. The third kappa shape index (κ3) is 4.02. The van der Waals surface area contributed by atoms with Gasteiger partial charge in [-0.2, -0.15) is 0 Å². The van der Waals surface area contributed by atoms with Crippen LogP contribution >= 0.6 is 12.4 Å². The molecular weight excluding hydrogens is 346 g/mol. The zero-order valence-corrected chi connectivity index (χ0v) is 15.7. The number of anilines is 2. The van der Waals surface area contributed by atoms with Crippen molar-refractivity contribution in [2.75, 3.05) is 31.5 Å². The molecule has 2 N–H and O–H groups in total. The van der Waals surface area contributed by atoms with Crippen LogP contribution < -0.4 is 10.6 Å². The van der Waals surface area contributed by atoms with Gasteiger partial charge in [-0.1, -0.05) is 24.3 Å². The monoisotopic (exact) mass is 371 g/mol. The second-order valence-electron chi connectivity index (χ2n) is 7.29. The molecule has 0 aliphatic carbocycles. The van der Waals surface area contributed by atoms with Crippen LogP contribution in [0.2, 0.25) is 0 Å². The average molecular weight is 372 g/mol. The Labute approximate surface area is 161 Å². The molecule has 2 aromatic rings. The highest BCUT2D eigenvalue weighted by atomic mass is 35.5. The molecule has 0 atom stereocenters. The van der Waals surface area contributed by atoms with Crippen LogP contribution in [-0.2, 0) is 0 Å². The van der Waals surface area contributed by atoms with E-state index in [4.69, 9.17) is 0 Å². The van der Waals surface area contributed by atoms with E-state index >= 15 is 0 Å². The van der Waals surface area contributed by atoms with E-state index in [-0.39, 0.29) is 18.3 Å². The van der Waals surface area contributed by atoms with Gasteiger partial charge in [0.15, 0.2) is 0 Å². The predicted molar refractivity (Wildman–Crippen MR) is 108 cm³/mol. The molecule has 0 saturated carbocycles. The smallest absolute Gasteiger partial charge is 0.253 e. The lowest BCUT2D eigenvalue weighted by atomic mass is 9.78. The molecule has 1 spiro atoms. The fraction of sp³-hybridized carbons (Fsp3) is 0.381. The Balaban J connectivity index is 0.00000196. The Morgan fingerprint density at radius 3 is 2.38 bits per heavy atom. The molecule has 2 aliphatic rings. The largest absolute Gasteiger partial charge is 0.356 e. The molecule has 5 heteroatoms. The summed E-state index contributed by atoms with van der Waals surface area (Å²) < 4.78 is 0. The topological polar surface area (TPSA) is 44.4 Å². The number of benzene rings is 2. The Morgan fingerprint density at radius 2 is 1.69 bits per heavy atom. The van der Waals surface area contributed by atoms with E-state index in [2.05, 4.69) is 10.6 Å². The normalized spacial score (nSPS) is 18.4. The highest BCUT2D eigenvalue weighted by Crippen LogP contribution is 2.37. The molecule has 0 aromatic heterocycles. The number of nitrogens with zero attached hydrogens (tertiary/aromatic N) is 1. The summed E-state index contributed by atoms with van der Waals surface area (Å²) >= 11 is 0. The molecular formula is C21H26ClN3O. The Bertz CT molecular complexity index is 734. The number of carbonyl (C=O) groups is 1. The molecule has 1 amide bonds. The molecule has 2 aromatic carbocycles. The number of rotatable bonds is 3. The quantitative estimate of drug-likeness (QED) is 0.854. The number of amides is 1. The number of nitrogens with one attached hydrogen (secondary N) is 2. The maximum atomic E-state index is 12.9. The first-order chi connectivity index (χ1) is 12.2. The molecule has 2 saturated heterocycles. The van der Waals surface area contributed by atoms with E-state index in [0.29, 0.717) is 5.41 Å². The first kappa shape index (κ1) is 18.7. The highest BCUT2D eigenvalue weighted by molar-refractivity contribution is 5.95. The second kappa shape index (κ2) is 8.11. The summed E-state index contributed by atoms with van der Waals surface area (Å²) in [6, 6.07) is 17.9. The van der Waals surface area contributed by atoms with Gasteiger partial charge >= 0.3 is 0 Å². The van der Waals surface area contributed by atoms with Gasteiger partial charge in [-0.3, -0.25) is 4.79 Å². The number of piperidine rings is 1. The van der Waals surface area contributed by atoms with Crippen molar-refractivity contribution in [1.29, 1.82) is 0 Å². The van der Waals surface area contributed by atoms with Crippen molar-refractivity contribution in [2.24, 2.45) is 5.41 Å². The number of para-hydroxylation sites is 1. The van der Waals surface area contributed by atoms with Crippen molar-refractivity contribution < 1.29 is 4.79 Å². The second-order valence-corrected chi connectivity index (χ2v) is 7.29. The number of carbonyl (C=O) groups excluding carboxylic acids is 1. The van der Waals surface area contributed by atoms with E-state index in [1.807, 2.05) is 59.5 Å². The number of hydrogen-bond donors (Lipinski definition) is 2. The van der Waals surface area contributed by atoms with E-state index in [1.165, 1.54) is 6.42 Å². The average Bonchev–Trinajstić information content (AvgIpc) is 3.11. The van der Waals surface area contributed by atoms with Crippen LogP contribution in [0.4, 0.5) is 11.4 Å². The van der Waals surface area contributed by atoms with Crippen molar-refractivity contribution in [3.8, 4) is 0 Å². The van der Waals surface area contributed by atoms with E-state index in [9.17, 15) is 4.79 Å². The molecule has 138 valence electrons. The minimum atomic E-state index is 0. The third-order valence-electron chi connectivity index (χ3n) is 5.62. The number of likely N-dealkylation sites (tertiary alicyclic amines) is 1. The van der Waals surface area contributed by atoms with E-state index < -0.39 is 0 Å². The van der Waals surface area contributed by atoms with E-state index in [1.54, 1.807) is 0 Å². The van der Waals surface area contributed by atoms with Crippen LogP contribution in [0.15, 0.2) is 54.6 Å². The molecule has 4 rings (SSSR count). The summed E-state index contributed by atoms with van der Waals surface area (Å²) in [5, 5.41) is 6.84. The van der Waals surface area contributed by atoms with Gasteiger partial charge in [0.1, 0.15) is 0 Å².